The predicted octanol–water partition coefficient (Wildman–Crippen LogP) is 3.91. The van der Waals surface area contributed by atoms with E-state index in [0.29, 0.717) is 38.2 Å². The van der Waals surface area contributed by atoms with Gasteiger partial charge in [-0.1, -0.05) is 22.5 Å². The fourth-order valence-electron chi connectivity index (χ4n) is 5.21. The number of fused-ring (bicyclic) bond motifs is 2. The Bertz CT molecular complexity index is 1360. The van der Waals surface area contributed by atoms with Gasteiger partial charge < -0.3 is 14.4 Å². The number of benzene rings is 1. The lowest BCUT2D eigenvalue weighted by Gasteiger charge is -2.38. The van der Waals surface area contributed by atoms with Gasteiger partial charge in [0.2, 0.25) is 5.91 Å². The Kier molecular flexibility index (Phi) is 6.32. The van der Waals surface area contributed by atoms with E-state index < -0.39 is 0 Å². The number of aromatic nitrogens is 2. The van der Waals surface area contributed by atoms with Crippen molar-refractivity contribution in [2.75, 3.05) is 19.6 Å². The Hall–Kier alpha value is -3.26. The van der Waals surface area contributed by atoms with Crippen molar-refractivity contribution >= 4 is 44.4 Å². The van der Waals surface area contributed by atoms with E-state index in [0.717, 1.165) is 33.1 Å². The molecule has 0 aliphatic carbocycles. The molecule has 3 aromatic rings. The largest absolute Gasteiger partial charge is 0.338 e. The van der Waals surface area contributed by atoms with Crippen molar-refractivity contribution in [3.8, 4) is 0 Å². The number of hydrogen-bond donors (Lipinski definition) is 0. The van der Waals surface area contributed by atoms with Crippen molar-refractivity contribution in [3.05, 3.63) is 76.2 Å². The number of halogens is 1. The molecule has 0 saturated carbocycles. The highest BCUT2D eigenvalue weighted by molar-refractivity contribution is 9.10. The van der Waals surface area contributed by atoms with E-state index in [1.54, 1.807) is 11.1 Å². The van der Waals surface area contributed by atoms with Gasteiger partial charge in [0.05, 0.1) is 12.1 Å². The number of hydrogen-bond acceptors (Lipinski definition) is 4. The van der Waals surface area contributed by atoms with Crippen LogP contribution in [-0.2, 0) is 29.1 Å². The lowest BCUT2D eigenvalue weighted by Crippen LogP contribution is -2.50. The highest BCUT2D eigenvalue weighted by atomic mass is 79.9. The van der Waals surface area contributed by atoms with Gasteiger partial charge in [0.15, 0.2) is 5.78 Å². The first kappa shape index (κ1) is 23.5. The maximum absolute atomic E-state index is 13.8. The van der Waals surface area contributed by atoms with Crippen LogP contribution in [0.3, 0.4) is 0 Å². The molecule has 2 aliphatic rings. The van der Waals surface area contributed by atoms with Crippen LogP contribution >= 0.6 is 15.9 Å². The number of likely N-dealkylation sites (tertiary alicyclic amines) is 1. The summed E-state index contributed by atoms with van der Waals surface area (Å²) in [6.45, 7) is 8.01. The fraction of sp³-hybridized carbons (Fsp3) is 0.333. The molecule has 2 aromatic heterocycles. The maximum atomic E-state index is 13.8. The number of amides is 2. The third kappa shape index (κ3) is 4.43. The molecule has 0 N–H and O–H groups in total. The summed E-state index contributed by atoms with van der Waals surface area (Å²) in [5.74, 6) is 0.164. The maximum Gasteiger partial charge on any atom is 0.256 e. The molecule has 35 heavy (non-hydrogen) atoms. The Balaban J connectivity index is 1.39. The van der Waals surface area contributed by atoms with Crippen molar-refractivity contribution in [2.45, 2.75) is 32.9 Å². The molecule has 5 rings (SSSR count). The average Bonchev–Trinajstić information content (AvgIpc) is 3.10. The molecule has 0 atom stereocenters. The minimum Gasteiger partial charge on any atom is -0.338 e. The third-order valence-electron chi connectivity index (χ3n) is 7.10. The zero-order valence-electron chi connectivity index (χ0n) is 19.7. The Morgan fingerprint density at radius 1 is 1.17 bits per heavy atom. The van der Waals surface area contributed by atoms with E-state index in [4.69, 9.17) is 0 Å². The number of ketones is 1. The molecule has 4 heterocycles. The molecule has 0 unspecified atom stereocenters. The SMILES string of the molecule is C=CC(=O)N1CC(CC(=O)Cn2c(C)c(C(=O)N3CCc4cnccc4C3)c3cc(Br)ccc32)C1. The van der Waals surface area contributed by atoms with Crippen LogP contribution in [0.4, 0.5) is 0 Å². The van der Waals surface area contributed by atoms with E-state index in [1.165, 1.54) is 11.6 Å². The molecule has 8 heteroatoms. The number of carbonyl (C=O) groups is 3. The summed E-state index contributed by atoms with van der Waals surface area (Å²) in [4.78, 5) is 46.2. The average molecular weight is 535 g/mol. The van der Waals surface area contributed by atoms with Crippen molar-refractivity contribution in [1.29, 1.82) is 0 Å². The van der Waals surface area contributed by atoms with Crippen LogP contribution in [0.15, 0.2) is 53.8 Å². The first-order valence-electron chi connectivity index (χ1n) is 11.8. The second-order valence-electron chi connectivity index (χ2n) is 9.39. The second-order valence-corrected chi connectivity index (χ2v) is 10.3. The van der Waals surface area contributed by atoms with Gasteiger partial charge in [0.1, 0.15) is 0 Å². The molecule has 1 saturated heterocycles. The first-order valence-corrected chi connectivity index (χ1v) is 12.6. The second kappa shape index (κ2) is 9.41. The van der Waals surface area contributed by atoms with Gasteiger partial charge in [-0.3, -0.25) is 19.4 Å². The van der Waals surface area contributed by atoms with E-state index in [1.807, 2.05) is 46.9 Å². The van der Waals surface area contributed by atoms with Crippen molar-refractivity contribution in [2.24, 2.45) is 5.92 Å². The van der Waals surface area contributed by atoms with E-state index in [2.05, 4.69) is 27.5 Å². The van der Waals surface area contributed by atoms with Gasteiger partial charge in [-0.25, -0.2) is 0 Å². The van der Waals surface area contributed by atoms with Crippen LogP contribution in [0.1, 0.15) is 33.6 Å². The lowest BCUT2D eigenvalue weighted by molar-refractivity contribution is -0.134. The smallest absolute Gasteiger partial charge is 0.256 e. The summed E-state index contributed by atoms with van der Waals surface area (Å²) in [7, 11) is 0. The van der Waals surface area contributed by atoms with E-state index in [-0.39, 0.29) is 30.1 Å². The van der Waals surface area contributed by atoms with Gasteiger partial charge in [0.25, 0.3) is 5.91 Å². The first-order chi connectivity index (χ1) is 16.9. The molecule has 1 aromatic carbocycles. The molecule has 2 amide bonds. The van der Waals surface area contributed by atoms with Gasteiger partial charge in [0, 0.05) is 72.0 Å². The van der Waals surface area contributed by atoms with E-state index >= 15 is 0 Å². The van der Waals surface area contributed by atoms with Crippen molar-refractivity contribution in [3.63, 3.8) is 0 Å². The Morgan fingerprint density at radius 2 is 1.97 bits per heavy atom. The van der Waals surface area contributed by atoms with Gasteiger partial charge in [-0.2, -0.15) is 0 Å². The number of Topliss-reactive ketones (excluding diaryl/α,β-unsaturated/α-hetero) is 1. The minimum atomic E-state index is -0.0914. The lowest BCUT2D eigenvalue weighted by atomic mass is 9.94. The summed E-state index contributed by atoms with van der Waals surface area (Å²) in [6.07, 6.45) is 6.15. The minimum absolute atomic E-state index is 0.0168. The zero-order valence-corrected chi connectivity index (χ0v) is 21.3. The van der Waals surface area contributed by atoms with Gasteiger partial charge in [-0.05, 0) is 54.8 Å². The molecule has 0 radical (unpaired) electrons. The van der Waals surface area contributed by atoms with Gasteiger partial charge in [-0.15, -0.1) is 0 Å². The normalized spacial score (nSPS) is 15.6. The Labute approximate surface area is 212 Å². The summed E-state index contributed by atoms with van der Waals surface area (Å²) >= 11 is 3.54. The highest BCUT2D eigenvalue weighted by Gasteiger charge is 2.32. The number of pyridine rings is 1. The topological polar surface area (TPSA) is 75.5 Å². The number of rotatable bonds is 6. The van der Waals surface area contributed by atoms with Crippen LogP contribution < -0.4 is 0 Å². The summed E-state index contributed by atoms with van der Waals surface area (Å²) in [6, 6.07) is 7.83. The van der Waals surface area contributed by atoms with Crippen molar-refractivity contribution < 1.29 is 14.4 Å². The molecular formula is C27H27BrN4O3. The molecule has 0 spiro atoms. The van der Waals surface area contributed by atoms with E-state index in [9.17, 15) is 14.4 Å². The molecule has 180 valence electrons. The highest BCUT2D eigenvalue weighted by Crippen LogP contribution is 2.32. The standard InChI is InChI=1S/C27H27BrN4O3/c1-3-25(34)31-13-18(14-31)10-22(33)16-32-17(2)26(23-11-21(28)4-5-24(23)32)27(35)30-9-7-19-12-29-8-6-20(19)15-30/h3-6,8,11-12,18H,1,7,9-10,13-16H2,2H3. The monoisotopic (exact) mass is 534 g/mol. The molecular weight excluding hydrogens is 508 g/mol. The predicted molar refractivity (Wildman–Crippen MR) is 137 cm³/mol. The molecule has 0 bridgehead atoms. The zero-order chi connectivity index (χ0) is 24.7. The van der Waals surface area contributed by atoms with Gasteiger partial charge >= 0.3 is 0 Å². The summed E-state index contributed by atoms with van der Waals surface area (Å²) < 4.78 is 2.85. The van der Waals surface area contributed by atoms with Crippen LogP contribution in [0, 0.1) is 12.8 Å². The number of nitrogens with zero attached hydrogens (tertiary/aromatic N) is 4. The summed E-state index contributed by atoms with van der Waals surface area (Å²) in [5.41, 5.74) is 4.64. The molecule has 2 aliphatic heterocycles. The molecule has 1 fully saturated rings. The van der Waals surface area contributed by atoms with Crippen LogP contribution in [0.25, 0.3) is 10.9 Å². The van der Waals surface area contributed by atoms with Crippen LogP contribution in [0.5, 0.6) is 0 Å². The summed E-state index contributed by atoms with van der Waals surface area (Å²) in [5, 5.41) is 0.849. The number of carbonyl (C=O) groups excluding carboxylic acids is 3. The van der Waals surface area contributed by atoms with Crippen molar-refractivity contribution in [1.82, 2.24) is 19.4 Å². The third-order valence-corrected chi connectivity index (χ3v) is 7.59. The van der Waals surface area contributed by atoms with Crippen LogP contribution in [-0.4, -0.2) is 56.6 Å². The molecule has 7 nitrogen and oxygen atoms in total. The van der Waals surface area contributed by atoms with Crippen LogP contribution in [0.2, 0.25) is 0 Å². The Morgan fingerprint density at radius 3 is 2.74 bits per heavy atom. The quantitative estimate of drug-likeness (QED) is 0.449. The fourth-order valence-corrected chi connectivity index (χ4v) is 5.57.